The van der Waals surface area contributed by atoms with E-state index in [-0.39, 0.29) is 0 Å². The molecule has 0 amide bonds. The molecule has 19 heavy (non-hydrogen) atoms. The molecule has 106 valence electrons. The number of piperidine rings is 1. The topological polar surface area (TPSA) is 13.7 Å². The number of likely N-dealkylation sites (tertiary alicyclic amines) is 1. The maximum atomic E-state index is 5.82. The second kappa shape index (κ2) is 8.21. The van der Waals surface area contributed by atoms with Crippen LogP contribution in [0.25, 0.3) is 0 Å². The highest BCUT2D eigenvalue weighted by molar-refractivity contribution is 5.31. The van der Waals surface area contributed by atoms with E-state index in [9.17, 15) is 0 Å². The summed E-state index contributed by atoms with van der Waals surface area (Å²) in [6, 6.07) is 8.27. The fourth-order valence-corrected chi connectivity index (χ4v) is 2.86. The Morgan fingerprint density at radius 2 is 1.79 bits per heavy atom. The maximum Gasteiger partial charge on any atom is 0.122 e. The van der Waals surface area contributed by atoms with Crippen molar-refractivity contribution in [3.63, 3.8) is 0 Å². The molecule has 1 aliphatic rings. The summed E-state index contributed by atoms with van der Waals surface area (Å²) >= 11 is 0. The van der Waals surface area contributed by atoms with Crippen LogP contribution in [0.4, 0.5) is 0 Å². The number of para-hydroxylation sites is 1. The van der Waals surface area contributed by atoms with Crippen LogP contribution in [-0.4, -0.2) is 26.2 Å². The lowest BCUT2D eigenvalue weighted by molar-refractivity contribution is -0.905. The zero-order valence-electron chi connectivity index (χ0n) is 12.3. The van der Waals surface area contributed by atoms with Gasteiger partial charge in [0.1, 0.15) is 5.75 Å². The van der Waals surface area contributed by atoms with Gasteiger partial charge in [0, 0.05) is 0 Å². The zero-order valence-corrected chi connectivity index (χ0v) is 12.3. The highest BCUT2D eigenvalue weighted by Gasteiger charge is 2.12. The van der Waals surface area contributed by atoms with Gasteiger partial charge in [-0.25, -0.2) is 0 Å². The minimum Gasteiger partial charge on any atom is -0.493 e. The molecule has 2 heteroatoms. The van der Waals surface area contributed by atoms with Crippen molar-refractivity contribution >= 4 is 0 Å². The Hall–Kier alpha value is -1.02. The van der Waals surface area contributed by atoms with Gasteiger partial charge in [-0.1, -0.05) is 18.2 Å². The molecule has 0 atom stereocenters. The molecule has 1 aliphatic heterocycles. The Labute approximate surface area is 117 Å². The Kier molecular flexibility index (Phi) is 6.22. The Morgan fingerprint density at radius 3 is 2.58 bits per heavy atom. The molecule has 0 aliphatic carbocycles. The van der Waals surface area contributed by atoms with Crippen molar-refractivity contribution in [2.75, 3.05) is 26.2 Å². The van der Waals surface area contributed by atoms with Crippen molar-refractivity contribution in [1.29, 1.82) is 0 Å². The molecular formula is C17H28NO+. The van der Waals surface area contributed by atoms with Crippen molar-refractivity contribution in [3.8, 4) is 5.75 Å². The largest absolute Gasteiger partial charge is 0.493 e. The number of nitrogens with one attached hydrogen (secondary N) is 1. The smallest absolute Gasteiger partial charge is 0.122 e. The number of aryl methyl sites for hydroxylation is 1. The molecule has 1 aromatic carbocycles. The summed E-state index contributed by atoms with van der Waals surface area (Å²) < 4.78 is 5.82. The van der Waals surface area contributed by atoms with E-state index in [1.807, 2.05) is 11.0 Å². The molecule has 1 fully saturated rings. The first-order valence-electron chi connectivity index (χ1n) is 7.88. The molecule has 2 nitrogen and oxygen atoms in total. The summed E-state index contributed by atoms with van der Waals surface area (Å²) in [5.74, 6) is 1.05. The first-order chi connectivity index (χ1) is 9.36. The van der Waals surface area contributed by atoms with Gasteiger partial charge in [-0.05, 0) is 57.1 Å². The van der Waals surface area contributed by atoms with Crippen LogP contribution in [0.5, 0.6) is 5.75 Å². The standard InChI is InChI=1S/C17H27NO/c1-16-10-4-5-11-17(16)19-15-9-3-8-14-18-12-6-2-7-13-18/h4-5,10-11H,2-3,6-9,12-15H2,1H3/p+1. The third-order valence-corrected chi connectivity index (χ3v) is 4.09. The normalized spacial score (nSPS) is 16.5. The summed E-state index contributed by atoms with van der Waals surface area (Å²) in [4.78, 5) is 1.83. The number of ether oxygens (including phenoxy) is 1. The van der Waals surface area contributed by atoms with E-state index in [4.69, 9.17) is 4.74 Å². The monoisotopic (exact) mass is 262 g/mol. The molecule has 0 saturated carbocycles. The fourth-order valence-electron chi connectivity index (χ4n) is 2.86. The molecule has 0 spiro atoms. The molecule has 0 radical (unpaired) electrons. The summed E-state index contributed by atoms with van der Waals surface area (Å²) in [5.41, 5.74) is 1.24. The average Bonchev–Trinajstić information content (AvgIpc) is 2.45. The summed E-state index contributed by atoms with van der Waals surface area (Å²) in [5, 5.41) is 0. The van der Waals surface area contributed by atoms with Crippen LogP contribution in [0.3, 0.4) is 0 Å². The van der Waals surface area contributed by atoms with Crippen LogP contribution in [-0.2, 0) is 0 Å². The van der Waals surface area contributed by atoms with E-state index in [1.165, 1.54) is 63.7 Å². The number of unbranched alkanes of at least 4 members (excludes halogenated alkanes) is 2. The number of hydrogen-bond donors (Lipinski definition) is 1. The maximum absolute atomic E-state index is 5.82. The quantitative estimate of drug-likeness (QED) is 0.746. The summed E-state index contributed by atoms with van der Waals surface area (Å²) in [6.07, 6.45) is 8.16. The third-order valence-electron chi connectivity index (χ3n) is 4.09. The first kappa shape index (κ1) is 14.4. The van der Waals surface area contributed by atoms with Crippen molar-refractivity contribution in [3.05, 3.63) is 29.8 Å². The van der Waals surface area contributed by atoms with Gasteiger partial charge in [0.2, 0.25) is 0 Å². The van der Waals surface area contributed by atoms with E-state index in [2.05, 4.69) is 25.1 Å². The predicted molar refractivity (Wildman–Crippen MR) is 79.9 cm³/mol. The van der Waals surface area contributed by atoms with E-state index >= 15 is 0 Å². The van der Waals surface area contributed by atoms with E-state index < -0.39 is 0 Å². The van der Waals surface area contributed by atoms with Gasteiger partial charge in [0.15, 0.2) is 0 Å². The van der Waals surface area contributed by atoms with Crippen molar-refractivity contribution in [2.45, 2.75) is 45.4 Å². The number of quaternary nitrogens is 1. The van der Waals surface area contributed by atoms with Gasteiger partial charge in [0.25, 0.3) is 0 Å². The van der Waals surface area contributed by atoms with Gasteiger partial charge < -0.3 is 9.64 Å². The van der Waals surface area contributed by atoms with Crippen molar-refractivity contribution < 1.29 is 9.64 Å². The highest BCUT2D eigenvalue weighted by Crippen LogP contribution is 2.16. The highest BCUT2D eigenvalue weighted by atomic mass is 16.5. The lowest BCUT2D eigenvalue weighted by Crippen LogP contribution is -3.12. The molecule has 0 unspecified atom stereocenters. The second-order valence-corrected chi connectivity index (χ2v) is 5.74. The third kappa shape index (κ3) is 5.23. The molecular weight excluding hydrogens is 234 g/mol. The van der Waals surface area contributed by atoms with Gasteiger partial charge in [0.05, 0.1) is 26.2 Å². The molecule has 1 N–H and O–H groups in total. The molecule has 1 heterocycles. The van der Waals surface area contributed by atoms with Crippen molar-refractivity contribution in [2.24, 2.45) is 0 Å². The van der Waals surface area contributed by atoms with Crippen LogP contribution < -0.4 is 9.64 Å². The minimum atomic E-state index is 0.861. The Balaban J connectivity index is 1.51. The first-order valence-corrected chi connectivity index (χ1v) is 7.88. The van der Waals surface area contributed by atoms with Crippen LogP contribution in [0, 0.1) is 6.92 Å². The zero-order chi connectivity index (χ0) is 13.3. The summed E-state index contributed by atoms with van der Waals surface area (Å²) in [6.45, 7) is 7.14. The van der Waals surface area contributed by atoms with Crippen LogP contribution in [0.2, 0.25) is 0 Å². The number of hydrogen-bond acceptors (Lipinski definition) is 1. The van der Waals surface area contributed by atoms with Crippen LogP contribution in [0.15, 0.2) is 24.3 Å². The van der Waals surface area contributed by atoms with Gasteiger partial charge in [-0.2, -0.15) is 0 Å². The lowest BCUT2D eigenvalue weighted by Gasteiger charge is -2.23. The number of benzene rings is 1. The molecule has 0 bridgehead atoms. The Bertz CT molecular complexity index is 358. The summed E-state index contributed by atoms with van der Waals surface area (Å²) in [7, 11) is 0. The van der Waals surface area contributed by atoms with Crippen LogP contribution >= 0.6 is 0 Å². The Morgan fingerprint density at radius 1 is 1.00 bits per heavy atom. The SMILES string of the molecule is Cc1ccccc1OCCCCC[NH+]1CCCCC1. The molecule has 1 saturated heterocycles. The molecule has 0 aromatic heterocycles. The fraction of sp³-hybridized carbons (Fsp3) is 0.647. The average molecular weight is 262 g/mol. The minimum absolute atomic E-state index is 0.861. The van der Waals surface area contributed by atoms with Crippen molar-refractivity contribution in [1.82, 2.24) is 0 Å². The van der Waals surface area contributed by atoms with Gasteiger partial charge in [-0.15, -0.1) is 0 Å². The van der Waals surface area contributed by atoms with Crippen LogP contribution in [0.1, 0.15) is 44.1 Å². The second-order valence-electron chi connectivity index (χ2n) is 5.74. The predicted octanol–water partition coefficient (Wildman–Crippen LogP) is 2.61. The van der Waals surface area contributed by atoms with E-state index in [0.29, 0.717) is 0 Å². The van der Waals surface area contributed by atoms with E-state index in [1.54, 1.807) is 0 Å². The lowest BCUT2D eigenvalue weighted by atomic mass is 10.1. The van der Waals surface area contributed by atoms with E-state index in [0.717, 1.165) is 12.4 Å². The molecule has 2 rings (SSSR count). The van der Waals surface area contributed by atoms with Gasteiger partial charge >= 0.3 is 0 Å². The molecule has 1 aromatic rings. The number of rotatable bonds is 7. The van der Waals surface area contributed by atoms with Gasteiger partial charge in [-0.3, -0.25) is 0 Å².